The highest BCUT2D eigenvalue weighted by Gasteiger charge is 2.00. The Balaban J connectivity index is 2.94. The molecular formula is C6H5N4O+. The summed E-state index contributed by atoms with van der Waals surface area (Å²) in [7, 11) is 0. The standard InChI is InChI=1S/C6H5N4O/c11-10-8-6-4-2-1-3-5(6)7-9-10/h1-4H,(H,8,9,11)/q+1. The van der Waals surface area contributed by atoms with Crippen molar-refractivity contribution in [1.82, 2.24) is 15.4 Å². The molecule has 0 bridgehead atoms. The summed E-state index contributed by atoms with van der Waals surface area (Å²) in [5, 5.41) is 9.54. The summed E-state index contributed by atoms with van der Waals surface area (Å²) in [6.45, 7) is 0. The predicted molar refractivity (Wildman–Crippen MR) is 37.3 cm³/mol. The molecule has 0 unspecified atom stereocenters. The third-order valence-electron chi connectivity index (χ3n) is 1.34. The van der Waals surface area contributed by atoms with Crippen LogP contribution in [0.4, 0.5) is 0 Å². The third-order valence-corrected chi connectivity index (χ3v) is 1.34. The monoisotopic (exact) mass is 149 g/mol. The number of benzene rings is 1. The number of hydrogen-bond donors (Lipinski definition) is 1. The van der Waals surface area contributed by atoms with E-state index in [4.69, 9.17) is 0 Å². The first kappa shape index (κ1) is 5.96. The molecule has 0 spiro atoms. The van der Waals surface area contributed by atoms with Gasteiger partial charge in [0.05, 0.1) is 0 Å². The van der Waals surface area contributed by atoms with E-state index in [0.29, 0.717) is 15.7 Å². The van der Waals surface area contributed by atoms with Crippen LogP contribution in [0.25, 0.3) is 11.0 Å². The Bertz CT molecular complexity index is 436. The van der Waals surface area contributed by atoms with Crippen LogP contribution in [0.1, 0.15) is 0 Å². The molecule has 0 saturated heterocycles. The average molecular weight is 149 g/mol. The van der Waals surface area contributed by atoms with Crippen LogP contribution in [0.15, 0.2) is 24.3 Å². The summed E-state index contributed by atoms with van der Waals surface area (Å²) in [5.41, 5.74) is 1.26. The van der Waals surface area contributed by atoms with Gasteiger partial charge in [-0.25, -0.2) is 0 Å². The summed E-state index contributed by atoms with van der Waals surface area (Å²) in [6.07, 6.45) is 0. The van der Waals surface area contributed by atoms with Crippen molar-refractivity contribution in [2.24, 2.45) is 0 Å². The SMILES string of the molecule is O=[n+]1nc2ccccc2n[nH]1. The van der Waals surface area contributed by atoms with Gasteiger partial charge in [-0.15, -0.1) is 0 Å². The average Bonchev–Trinajstić information content (AvgIpc) is 2.04. The first-order valence-electron chi connectivity index (χ1n) is 3.10. The highest BCUT2D eigenvalue weighted by molar-refractivity contribution is 5.71. The van der Waals surface area contributed by atoms with Gasteiger partial charge < -0.3 is 0 Å². The van der Waals surface area contributed by atoms with Gasteiger partial charge in [-0.1, -0.05) is 12.1 Å². The number of hydrogen-bond acceptors (Lipinski definition) is 3. The Morgan fingerprint density at radius 3 is 2.82 bits per heavy atom. The molecule has 0 fully saturated rings. The topological polar surface area (TPSA) is 64.5 Å². The molecule has 0 amide bonds. The second kappa shape index (κ2) is 2.12. The molecule has 5 heteroatoms. The van der Waals surface area contributed by atoms with Crippen molar-refractivity contribution in [2.75, 3.05) is 0 Å². The number of H-pyrrole nitrogens is 1. The van der Waals surface area contributed by atoms with Crippen LogP contribution in [0.5, 0.6) is 0 Å². The van der Waals surface area contributed by atoms with Gasteiger partial charge in [-0.05, 0) is 22.1 Å². The van der Waals surface area contributed by atoms with Crippen LogP contribution in [0.2, 0.25) is 0 Å². The van der Waals surface area contributed by atoms with Gasteiger partial charge in [-0.2, -0.15) is 0 Å². The number of aromatic amines is 1. The maximum Gasteiger partial charge on any atom is 0.230 e. The highest BCUT2D eigenvalue weighted by atomic mass is 16.3. The lowest BCUT2D eigenvalue weighted by Gasteiger charge is -1.81. The van der Waals surface area contributed by atoms with Gasteiger partial charge >= 0.3 is 0 Å². The fourth-order valence-electron chi connectivity index (χ4n) is 0.860. The second-order valence-corrected chi connectivity index (χ2v) is 2.07. The van der Waals surface area contributed by atoms with E-state index in [2.05, 4.69) is 15.4 Å². The molecule has 1 aromatic heterocycles. The molecule has 0 saturated carbocycles. The van der Waals surface area contributed by atoms with Gasteiger partial charge in [0.1, 0.15) is 0 Å². The summed E-state index contributed by atoms with van der Waals surface area (Å²) >= 11 is 0. The van der Waals surface area contributed by atoms with E-state index in [1.54, 1.807) is 18.2 Å². The molecule has 5 nitrogen and oxygen atoms in total. The number of nitrogens with one attached hydrogen (secondary N) is 1. The zero-order valence-corrected chi connectivity index (χ0v) is 5.56. The molecule has 0 radical (unpaired) electrons. The minimum Gasteiger partial charge on any atom is -0.0596 e. The van der Waals surface area contributed by atoms with Crippen molar-refractivity contribution in [3.8, 4) is 0 Å². The van der Waals surface area contributed by atoms with Crippen molar-refractivity contribution in [1.29, 1.82) is 0 Å². The molecule has 0 aliphatic rings. The Labute approximate surface area is 61.3 Å². The summed E-state index contributed by atoms with van der Waals surface area (Å²) < 4.78 is 0.322. The van der Waals surface area contributed by atoms with Crippen molar-refractivity contribution in [3.63, 3.8) is 0 Å². The number of para-hydroxylation sites is 1. The van der Waals surface area contributed by atoms with Crippen LogP contribution >= 0.6 is 0 Å². The minimum absolute atomic E-state index is 0.322. The number of nitrogens with zero attached hydrogens (tertiary/aromatic N) is 3. The van der Waals surface area contributed by atoms with E-state index >= 15 is 0 Å². The van der Waals surface area contributed by atoms with E-state index in [1.807, 2.05) is 6.07 Å². The Hall–Kier alpha value is -1.78. The van der Waals surface area contributed by atoms with Crippen molar-refractivity contribution in [3.05, 3.63) is 29.2 Å². The molecule has 0 aliphatic heterocycles. The first-order valence-corrected chi connectivity index (χ1v) is 3.10. The van der Waals surface area contributed by atoms with Crippen LogP contribution in [0, 0.1) is 4.91 Å². The molecule has 0 aliphatic carbocycles. The van der Waals surface area contributed by atoms with Gasteiger partial charge in [0.25, 0.3) is 0 Å². The van der Waals surface area contributed by atoms with Gasteiger partial charge in [0.2, 0.25) is 5.52 Å². The lowest BCUT2D eigenvalue weighted by Crippen LogP contribution is -2.25. The van der Waals surface area contributed by atoms with E-state index in [9.17, 15) is 4.91 Å². The summed E-state index contributed by atoms with van der Waals surface area (Å²) in [6, 6.07) is 7.14. The maximum absolute atomic E-state index is 10.6. The van der Waals surface area contributed by atoms with E-state index in [-0.39, 0.29) is 0 Å². The normalized spacial score (nSPS) is 10.2. The van der Waals surface area contributed by atoms with Crippen molar-refractivity contribution in [2.45, 2.75) is 0 Å². The maximum atomic E-state index is 10.6. The largest absolute Gasteiger partial charge is 0.230 e. The van der Waals surface area contributed by atoms with E-state index in [0.717, 1.165) is 0 Å². The quantitative estimate of drug-likeness (QED) is 0.531. The number of rotatable bonds is 0. The molecule has 1 N–H and O–H groups in total. The van der Waals surface area contributed by atoms with Crippen LogP contribution in [-0.4, -0.2) is 15.4 Å². The Kier molecular flexibility index (Phi) is 1.15. The predicted octanol–water partition coefficient (Wildman–Crippen LogP) is -0.128. The first-order chi connectivity index (χ1) is 5.36. The third kappa shape index (κ3) is 0.958. The fraction of sp³-hybridized carbons (Fsp3) is 0. The molecule has 2 rings (SSSR count). The smallest absolute Gasteiger partial charge is 0.0596 e. The highest BCUT2D eigenvalue weighted by Crippen LogP contribution is 2.01. The van der Waals surface area contributed by atoms with Crippen LogP contribution < -0.4 is 4.66 Å². The van der Waals surface area contributed by atoms with Gasteiger partial charge in [0.15, 0.2) is 10.2 Å². The minimum atomic E-state index is 0.322. The Morgan fingerprint density at radius 2 is 2.00 bits per heavy atom. The van der Waals surface area contributed by atoms with Crippen molar-refractivity contribution < 1.29 is 4.66 Å². The van der Waals surface area contributed by atoms with Crippen LogP contribution in [-0.2, 0) is 0 Å². The fourth-order valence-corrected chi connectivity index (χ4v) is 0.860. The second-order valence-electron chi connectivity index (χ2n) is 2.07. The van der Waals surface area contributed by atoms with Crippen LogP contribution in [0.3, 0.4) is 0 Å². The van der Waals surface area contributed by atoms with Crippen molar-refractivity contribution >= 4 is 11.0 Å². The van der Waals surface area contributed by atoms with Gasteiger partial charge in [0, 0.05) is 10.3 Å². The molecule has 1 heterocycles. The number of fused-ring (bicyclic) bond motifs is 1. The molecule has 11 heavy (non-hydrogen) atoms. The summed E-state index contributed by atoms with van der Waals surface area (Å²) in [4.78, 5) is 10.6. The summed E-state index contributed by atoms with van der Waals surface area (Å²) in [5.74, 6) is 0. The number of aromatic nitrogens is 4. The lowest BCUT2D eigenvalue weighted by atomic mass is 10.3. The molecule has 54 valence electrons. The zero-order valence-electron chi connectivity index (χ0n) is 5.56. The molecule has 0 atom stereocenters. The zero-order chi connectivity index (χ0) is 7.68. The molecule has 1 aromatic carbocycles. The molecule has 2 aromatic rings. The van der Waals surface area contributed by atoms with E-state index in [1.165, 1.54) is 0 Å². The molecular weight excluding hydrogens is 144 g/mol. The Morgan fingerprint density at radius 1 is 1.27 bits per heavy atom. The van der Waals surface area contributed by atoms with E-state index < -0.39 is 0 Å². The lowest BCUT2D eigenvalue weighted by molar-refractivity contribution is -0.632. The van der Waals surface area contributed by atoms with Gasteiger partial charge in [-0.3, -0.25) is 0 Å².